The zero-order valence-electron chi connectivity index (χ0n) is 31.6. The number of hydrogen-bond acceptors (Lipinski definition) is 7. The Kier molecular flexibility index (Phi) is 20.2. The number of nitrogens with zero attached hydrogens (tertiary/aromatic N) is 2. The van der Waals surface area contributed by atoms with Crippen molar-refractivity contribution in [3.8, 4) is 22.6 Å². The van der Waals surface area contributed by atoms with Crippen molar-refractivity contribution in [2.45, 2.75) is 92.3 Å². The molecule has 0 saturated carbocycles. The predicted octanol–water partition coefficient (Wildman–Crippen LogP) is 12.0. The highest BCUT2D eigenvalue weighted by Crippen LogP contribution is 2.31. The Morgan fingerprint density at radius 1 is 0.704 bits per heavy atom. The Morgan fingerprint density at radius 3 is 1.65 bits per heavy atom. The molecular weight excluding hydrogens is 762 g/mol. The van der Waals surface area contributed by atoms with Gasteiger partial charge in [-0.15, -0.1) is 0 Å². The maximum atomic E-state index is 10.4. The second kappa shape index (κ2) is 23.7. The fourth-order valence-electron chi connectivity index (χ4n) is 6.16. The Labute approximate surface area is 343 Å². The third-order valence-electron chi connectivity index (χ3n) is 9.64. The topological polar surface area (TPSA) is 87.9 Å². The minimum absolute atomic E-state index is 0. The van der Waals surface area contributed by atoms with Gasteiger partial charge in [0, 0.05) is 23.2 Å². The highest BCUT2D eigenvalue weighted by molar-refractivity contribution is 6.42. The molecule has 0 aliphatic carbocycles. The lowest BCUT2D eigenvalue weighted by Gasteiger charge is -2.32. The molecule has 0 unspecified atom stereocenters. The molecule has 7 nitrogen and oxygen atoms in total. The Morgan fingerprint density at radius 2 is 1.19 bits per heavy atom. The Hall–Kier alpha value is -2.33. The van der Waals surface area contributed by atoms with Crippen LogP contribution in [-0.2, 0) is 6.54 Å². The molecule has 2 aromatic heterocycles. The molecule has 0 radical (unpaired) electrons. The van der Waals surface area contributed by atoms with Crippen LogP contribution in [0.1, 0.15) is 90.0 Å². The van der Waals surface area contributed by atoms with Crippen molar-refractivity contribution in [3.05, 3.63) is 92.3 Å². The highest BCUT2D eigenvalue weighted by Gasteiger charge is 2.19. The number of furan rings is 2. The van der Waals surface area contributed by atoms with E-state index >= 15 is 0 Å². The lowest BCUT2D eigenvalue weighted by molar-refractivity contribution is 0.110. The molecular formula is C43H60Cl4N4O3. The number of carbonyl (C=O) groups is 1. The third kappa shape index (κ3) is 15.7. The Balaban J connectivity index is 0.000000237. The van der Waals surface area contributed by atoms with Crippen molar-refractivity contribution < 1.29 is 13.6 Å². The lowest BCUT2D eigenvalue weighted by atomic mass is 10.0. The summed E-state index contributed by atoms with van der Waals surface area (Å²) in [5, 5.41) is 5.69. The number of halogens is 4. The van der Waals surface area contributed by atoms with Crippen molar-refractivity contribution >= 4 is 52.7 Å². The van der Waals surface area contributed by atoms with E-state index in [0.29, 0.717) is 44.2 Å². The SMILES string of the molecule is C.CC(C)CCN1CCC(N)CC1.CC(C)CCN1CCC(NCc2ccc(-c3ccc(Cl)c(Cl)c3)o2)CC1.O=Cc1ccc(-c2ccc(Cl)c(Cl)c2)o1. The van der Waals surface area contributed by atoms with Gasteiger partial charge in [-0.3, -0.25) is 4.79 Å². The number of hydrogen-bond donors (Lipinski definition) is 2. The smallest absolute Gasteiger partial charge is 0.185 e. The van der Waals surface area contributed by atoms with E-state index in [2.05, 4.69) is 42.8 Å². The summed E-state index contributed by atoms with van der Waals surface area (Å²) in [5.74, 6) is 4.28. The average molecular weight is 823 g/mol. The van der Waals surface area contributed by atoms with Crippen LogP contribution >= 0.6 is 46.4 Å². The highest BCUT2D eigenvalue weighted by atomic mass is 35.5. The van der Waals surface area contributed by atoms with E-state index in [1.54, 1.807) is 36.4 Å². The zero-order valence-corrected chi connectivity index (χ0v) is 34.6. The summed E-state index contributed by atoms with van der Waals surface area (Å²) in [6, 6.07) is 19.1. The fourth-order valence-corrected chi connectivity index (χ4v) is 6.76. The van der Waals surface area contributed by atoms with Crippen molar-refractivity contribution in [3.63, 3.8) is 0 Å². The number of carbonyl (C=O) groups excluding carboxylic acids is 1. The molecule has 2 aliphatic rings. The molecule has 0 bridgehead atoms. The van der Waals surface area contributed by atoms with Crippen LogP contribution in [0.2, 0.25) is 20.1 Å². The molecule has 6 rings (SSSR count). The molecule has 0 atom stereocenters. The van der Waals surface area contributed by atoms with E-state index in [-0.39, 0.29) is 13.2 Å². The molecule has 4 heterocycles. The summed E-state index contributed by atoms with van der Waals surface area (Å²) in [6.45, 7) is 17.2. The van der Waals surface area contributed by atoms with Crippen LogP contribution in [0.15, 0.2) is 69.5 Å². The van der Waals surface area contributed by atoms with Gasteiger partial charge in [0.05, 0.1) is 26.6 Å². The van der Waals surface area contributed by atoms with Crippen molar-refractivity contribution in [2.75, 3.05) is 39.3 Å². The van der Waals surface area contributed by atoms with Gasteiger partial charge in [-0.05, 0) is 150 Å². The molecule has 54 heavy (non-hydrogen) atoms. The van der Waals surface area contributed by atoms with Crippen molar-refractivity contribution in [1.82, 2.24) is 15.1 Å². The number of aldehydes is 1. The van der Waals surface area contributed by atoms with E-state index in [1.807, 2.05) is 24.3 Å². The van der Waals surface area contributed by atoms with Crippen LogP contribution in [0.5, 0.6) is 0 Å². The second-order valence-corrected chi connectivity index (χ2v) is 16.5. The molecule has 0 amide bonds. The van der Waals surface area contributed by atoms with E-state index < -0.39 is 0 Å². The first kappa shape index (κ1) is 46.1. The zero-order chi connectivity index (χ0) is 38.3. The molecule has 3 N–H and O–H groups in total. The molecule has 2 fully saturated rings. The van der Waals surface area contributed by atoms with Gasteiger partial charge < -0.3 is 29.7 Å². The normalized spacial score (nSPS) is 15.7. The predicted molar refractivity (Wildman–Crippen MR) is 229 cm³/mol. The standard InChI is InChI=1S/C21H28Cl2N2O.C11H6Cl2O2.C10H22N2.CH4/c1-15(2)7-10-25-11-8-17(9-12-25)24-14-18-4-6-21(26-18)16-3-5-19(22)20(23)13-16;12-9-3-1-7(5-10(9)13)11-4-2-8(6-14)15-11;1-9(2)3-6-12-7-4-10(11)5-8-12;/h3-6,13,15,17,24H,7-12,14H2,1-2H3;1-6H;9-10H,3-8,11H2,1-2H3;1H4. The van der Waals surface area contributed by atoms with Gasteiger partial charge in [-0.1, -0.05) is 81.5 Å². The van der Waals surface area contributed by atoms with Crippen LogP contribution in [0, 0.1) is 11.8 Å². The number of nitrogens with two attached hydrogens (primary N) is 1. The minimum Gasteiger partial charge on any atom is -0.460 e. The molecule has 4 aromatic rings. The Bertz CT molecular complexity index is 1670. The molecule has 0 spiro atoms. The van der Waals surface area contributed by atoms with Gasteiger partial charge in [0.25, 0.3) is 0 Å². The second-order valence-electron chi connectivity index (χ2n) is 14.9. The van der Waals surface area contributed by atoms with E-state index in [1.165, 1.54) is 77.8 Å². The molecule has 11 heteroatoms. The fraction of sp³-hybridized carbons (Fsp3) is 0.512. The summed E-state index contributed by atoms with van der Waals surface area (Å²) in [6.07, 6.45) is 8.07. The largest absolute Gasteiger partial charge is 0.460 e. The summed E-state index contributed by atoms with van der Waals surface area (Å²) in [5.41, 5.74) is 7.56. The maximum absolute atomic E-state index is 10.4. The van der Waals surface area contributed by atoms with Crippen LogP contribution in [0.4, 0.5) is 0 Å². The van der Waals surface area contributed by atoms with Gasteiger partial charge in [0.2, 0.25) is 0 Å². The quantitative estimate of drug-likeness (QED) is 0.138. The van der Waals surface area contributed by atoms with Crippen LogP contribution in [-0.4, -0.2) is 67.4 Å². The molecule has 2 saturated heterocycles. The molecule has 298 valence electrons. The first-order valence-electron chi connectivity index (χ1n) is 18.9. The van der Waals surface area contributed by atoms with Gasteiger partial charge in [-0.2, -0.15) is 0 Å². The summed E-state index contributed by atoms with van der Waals surface area (Å²) in [4.78, 5) is 15.6. The van der Waals surface area contributed by atoms with E-state index in [9.17, 15) is 4.79 Å². The van der Waals surface area contributed by atoms with Gasteiger partial charge in [0.1, 0.15) is 17.3 Å². The monoisotopic (exact) mass is 820 g/mol. The maximum Gasteiger partial charge on any atom is 0.185 e. The summed E-state index contributed by atoms with van der Waals surface area (Å²) in [7, 11) is 0. The van der Waals surface area contributed by atoms with Gasteiger partial charge in [0.15, 0.2) is 12.0 Å². The summed E-state index contributed by atoms with van der Waals surface area (Å²) < 4.78 is 11.2. The van der Waals surface area contributed by atoms with Crippen molar-refractivity contribution in [2.24, 2.45) is 17.6 Å². The third-order valence-corrected chi connectivity index (χ3v) is 11.1. The average Bonchev–Trinajstić information content (AvgIpc) is 3.83. The first-order valence-corrected chi connectivity index (χ1v) is 20.4. The van der Waals surface area contributed by atoms with E-state index in [4.69, 9.17) is 61.0 Å². The number of rotatable bonds is 12. The number of likely N-dealkylation sites (tertiary alicyclic amines) is 2. The van der Waals surface area contributed by atoms with Crippen LogP contribution in [0.25, 0.3) is 22.6 Å². The van der Waals surface area contributed by atoms with Crippen LogP contribution in [0.3, 0.4) is 0 Å². The lowest BCUT2D eigenvalue weighted by Crippen LogP contribution is -2.42. The number of nitrogens with one attached hydrogen (secondary N) is 1. The number of piperidine rings is 2. The molecule has 2 aliphatic heterocycles. The minimum atomic E-state index is 0. The molecule has 2 aromatic carbocycles. The number of benzene rings is 2. The summed E-state index contributed by atoms with van der Waals surface area (Å²) >= 11 is 23.7. The van der Waals surface area contributed by atoms with Gasteiger partial charge >= 0.3 is 0 Å². The first-order chi connectivity index (χ1) is 25.4. The van der Waals surface area contributed by atoms with Crippen LogP contribution < -0.4 is 11.1 Å². The van der Waals surface area contributed by atoms with E-state index in [0.717, 1.165) is 41.0 Å². The van der Waals surface area contributed by atoms with Gasteiger partial charge in [-0.25, -0.2) is 0 Å². The van der Waals surface area contributed by atoms with Crippen molar-refractivity contribution in [1.29, 1.82) is 0 Å².